The Balaban J connectivity index is 2.80. The van der Waals surface area contributed by atoms with Crippen molar-refractivity contribution in [1.82, 2.24) is 14.7 Å². The molecule has 5 heteroatoms. The summed E-state index contributed by atoms with van der Waals surface area (Å²) in [6.07, 6.45) is 0.867. The van der Waals surface area contributed by atoms with E-state index in [9.17, 15) is 5.11 Å². The first kappa shape index (κ1) is 14.5. The third kappa shape index (κ3) is 3.98. The summed E-state index contributed by atoms with van der Waals surface area (Å²) in [6.45, 7) is 6.98. The van der Waals surface area contributed by atoms with E-state index in [2.05, 4.69) is 16.9 Å². The molecular weight excluding hydrogens is 238 g/mol. The molecule has 0 atom stereocenters. The first-order valence-electron chi connectivity index (χ1n) is 5.85. The lowest BCUT2D eigenvalue weighted by Gasteiger charge is -2.25. The molecule has 0 aliphatic carbocycles. The van der Waals surface area contributed by atoms with Crippen molar-refractivity contribution in [2.45, 2.75) is 39.3 Å². The fraction of sp³-hybridized carbons (Fsp3) is 0.750. The number of halogens is 1. The van der Waals surface area contributed by atoms with Gasteiger partial charge in [-0.1, -0.05) is 18.5 Å². The molecule has 0 radical (unpaired) electrons. The topological polar surface area (TPSA) is 41.3 Å². The van der Waals surface area contributed by atoms with Crippen LogP contribution in [0.5, 0.6) is 0 Å². The average molecular weight is 260 g/mol. The summed E-state index contributed by atoms with van der Waals surface area (Å²) in [7, 11) is 3.82. The highest BCUT2D eigenvalue weighted by Gasteiger charge is 2.19. The van der Waals surface area contributed by atoms with Gasteiger partial charge >= 0.3 is 0 Å². The van der Waals surface area contributed by atoms with E-state index in [1.807, 2.05) is 14.1 Å². The van der Waals surface area contributed by atoms with Crippen LogP contribution in [0.15, 0.2) is 0 Å². The molecule has 0 aliphatic rings. The number of hydrogen-bond acceptors (Lipinski definition) is 3. The lowest BCUT2D eigenvalue weighted by Crippen LogP contribution is -2.36. The fourth-order valence-electron chi connectivity index (χ4n) is 2.03. The standard InChI is InChI=1S/C12H22ClN3O/c1-6-10-9(11(13)16(5)14-10)7-15(4)8-12(2,3)17/h17H,6-8H2,1-5H3. The summed E-state index contributed by atoms with van der Waals surface area (Å²) in [6, 6.07) is 0. The van der Waals surface area contributed by atoms with Crippen molar-refractivity contribution in [2.75, 3.05) is 13.6 Å². The van der Waals surface area contributed by atoms with Gasteiger partial charge in [-0.05, 0) is 27.3 Å². The van der Waals surface area contributed by atoms with Crippen molar-refractivity contribution in [3.05, 3.63) is 16.4 Å². The van der Waals surface area contributed by atoms with Crippen LogP contribution in [-0.2, 0) is 20.0 Å². The van der Waals surface area contributed by atoms with Gasteiger partial charge in [0, 0.05) is 25.7 Å². The number of likely N-dealkylation sites (N-methyl/N-ethyl adjacent to an activating group) is 1. The highest BCUT2D eigenvalue weighted by atomic mass is 35.5. The zero-order chi connectivity index (χ0) is 13.2. The predicted octanol–water partition coefficient (Wildman–Crippen LogP) is 1.84. The predicted molar refractivity (Wildman–Crippen MR) is 70.2 cm³/mol. The highest BCUT2D eigenvalue weighted by molar-refractivity contribution is 6.30. The first-order valence-corrected chi connectivity index (χ1v) is 6.23. The molecular formula is C12H22ClN3O. The number of hydrogen-bond donors (Lipinski definition) is 1. The Morgan fingerprint density at radius 1 is 1.47 bits per heavy atom. The quantitative estimate of drug-likeness (QED) is 0.877. The normalized spacial score (nSPS) is 12.5. The maximum Gasteiger partial charge on any atom is 0.131 e. The van der Waals surface area contributed by atoms with Crippen LogP contribution in [0.3, 0.4) is 0 Å². The molecule has 1 aromatic heterocycles. The van der Waals surface area contributed by atoms with Crippen LogP contribution in [0.1, 0.15) is 32.0 Å². The van der Waals surface area contributed by atoms with E-state index in [1.165, 1.54) is 0 Å². The van der Waals surface area contributed by atoms with Crippen LogP contribution >= 0.6 is 11.6 Å². The molecule has 0 unspecified atom stereocenters. The van der Waals surface area contributed by atoms with Gasteiger partial charge < -0.3 is 5.11 Å². The van der Waals surface area contributed by atoms with Gasteiger partial charge in [-0.25, -0.2) is 0 Å². The van der Waals surface area contributed by atoms with Crippen LogP contribution in [0, 0.1) is 0 Å². The van der Waals surface area contributed by atoms with E-state index in [-0.39, 0.29) is 0 Å². The molecule has 17 heavy (non-hydrogen) atoms. The summed E-state index contributed by atoms with van der Waals surface area (Å²) in [5.74, 6) is 0. The number of rotatable bonds is 5. The Hall–Kier alpha value is -0.580. The van der Waals surface area contributed by atoms with Crippen LogP contribution in [0.4, 0.5) is 0 Å². The Bertz CT molecular complexity index is 382. The molecule has 1 heterocycles. The molecule has 0 saturated heterocycles. The summed E-state index contributed by atoms with van der Waals surface area (Å²) in [5, 5.41) is 14.8. The number of aryl methyl sites for hydroxylation is 2. The van der Waals surface area contributed by atoms with E-state index in [4.69, 9.17) is 11.6 Å². The van der Waals surface area contributed by atoms with Crippen molar-refractivity contribution in [1.29, 1.82) is 0 Å². The van der Waals surface area contributed by atoms with Crippen molar-refractivity contribution in [3.63, 3.8) is 0 Å². The molecule has 0 aliphatic heterocycles. The monoisotopic (exact) mass is 259 g/mol. The van der Waals surface area contributed by atoms with Gasteiger partial charge in [0.05, 0.1) is 11.3 Å². The fourth-order valence-corrected chi connectivity index (χ4v) is 2.23. The number of aromatic nitrogens is 2. The Labute approximate surface area is 108 Å². The minimum Gasteiger partial charge on any atom is -0.389 e. The van der Waals surface area contributed by atoms with Crippen molar-refractivity contribution >= 4 is 11.6 Å². The summed E-state index contributed by atoms with van der Waals surface area (Å²) in [5.41, 5.74) is 1.39. The summed E-state index contributed by atoms with van der Waals surface area (Å²) < 4.78 is 1.70. The molecule has 0 bridgehead atoms. The van der Waals surface area contributed by atoms with Gasteiger partial charge in [-0.2, -0.15) is 5.10 Å². The Morgan fingerprint density at radius 2 is 2.06 bits per heavy atom. The van der Waals surface area contributed by atoms with Gasteiger partial charge in [-0.15, -0.1) is 0 Å². The molecule has 98 valence electrons. The van der Waals surface area contributed by atoms with Crippen LogP contribution in [0.2, 0.25) is 5.15 Å². The second-order valence-corrected chi connectivity index (χ2v) is 5.54. The minimum absolute atomic E-state index is 0.599. The lowest BCUT2D eigenvalue weighted by atomic mass is 10.1. The van der Waals surface area contributed by atoms with Gasteiger partial charge in [-0.3, -0.25) is 9.58 Å². The molecule has 0 aromatic carbocycles. The third-order valence-corrected chi connectivity index (χ3v) is 3.04. The van der Waals surface area contributed by atoms with Gasteiger partial charge in [0.25, 0.3) is 0 Å². The molecule has 0 spiro atoms. The molecule has 1 rings (SSSR count). The molecule has 0 saturated carbocycles. The van der Waals surface area contributed by atoms with E-state index >= 15 is 0 Å². The lowest BCUT2D eigenvalue weighted by molar-refractivity contribution is 0.0424. The Morgan fingerprint density at radius 3 is 2.53 bits per heavy atom. The van der Waals surface area contributed by atoms with E-state index in [0.717, 1.165) is 17.7 Å². The smallest absolute Gasteiger partial charge is 0.131 e. The average Bonchev–Trinajstić information content (AvgIpc) is 2.42. The third-order valence-electron chi connectivity index (χ3n) is 2.57. The van der Waals surface area contributed by atoms with Crippen LogP contribution in [-0.4, -0.2) is 39.0 Å². The van der Waals surface area contributed by atoms with Gasteiger partial charge in [0.15, 0.2) is 0 Å². The van der Waals surface area contributed by atoms with E-state index in [1.54, 1.807) is 18.5 Å². The summed E-state index contributed by atoms with van der Waals surface area (Å²) >= 11 is 6.22. The molecule has 1 aromatic rings. The van der Waals surface area contributed by atoms with Crippen molar-refractivity contribution < 1.29 is 5.11 Å². The largest absolute Gasteiger partial charge is 0.389 e. The summed E-state index contributed by atoms with van der Waals surface area (Å²) in [4.78, 5) is 2.06. The van der Waals surface area contributed by atoms with Crippen molar-refractivity contribution in [2.24, 2.45) is 7.05 Å². The molecule has 4 nitrogen and oxygen atoms in total. The molecule has 0 amide bonds. The van der Waals surface area contributed by atoms with Crippen LogP contribution < -0.4 is 0 Å². The first-order chi connectivity index (χ1) is 7.74. The van der Waals surface area contributed by atoms with Gasteiger partial charge in [0.2, 0.25) is 0 Å². The second kappa shape index (κ2) is 5.38. The number of nitrogens with zero attached hydrogens (tertiary/aromatic N) is 3. The van der Waals surface area contributed by atoms with E-state index < -0.39 is 5.60 Å². The zero-order valence-corrected chi connectivity index (χ0v) is 12.0. The van der Waals surface area contributed by atoms with Gasteiger partial charge in [0.1, 0.15) is 5.15 Å². The van der Waals surface area contributed by atoms with Crippen molar-refractivity contribution in [3.8, 4) is 0 Å². The second-order valence-electron chi connectivity index (χ2n) is 5.18. The molecule has 1 N–H and O–H groups in total. The number of aliphatic hydroxyl groups is 1. The van der Waals surface area contributed by atoms with Crippen LogP contribution in [0.25, 0.3) is 0 Å². The maximum atomic E-state index is 9.77. The minimum atomic E-state index is -0.699. The molecule has 0 fully saturated rings. The van der Waals surface area contributed by atoms with E-state index in [0.29, 0.717) is 18.2 Å². The zero-order valence-electron chi connectivity index (χ0n) is 11.3. The maximum absolute atomic E-state index is 9.77. The Kier molecular flexibility index (Phi) is 4.58. The SMILES string of the molecule is CCc1nn(C)c(Cl)c1CN(C)CC(C)(C)O. The highest BCUT2D eigenvalue weighted by Crippen LogP contribution is 2.21.